The molecule has 1 unspecified atom stereocenters. The zero-order chi connectivity index (χ0) is 15.4. The average Bonchev–Trinajstić information content (AvgIpc) is 2.47. The zero-order valence-electron chi connectivity index (χ0n) is 11.2. The first-order valence-corrected chi connectivity index (χ1v) is 6.13. The fraction of sp³-hybridized carbons (Fsp3) is 0.133. The van der Waals surface area contributed by atoms with E-state index in [2.05, 4.69) is 5.32 Å². The van der Waals surface area contributed by atoms with Crippen molar-refractivity contribution in [1.29, 1.82) is 0 Å². The van der Waals surface area contributed by atoms with Gasteiger partial charge in [0, 0.05) is 17.3 Å². The van der Waals surface area contributed by atoms with Crippen LogP contribution in [0.25, 0.3) is 0 Å². The van der Waals surface area contributed by atoms with Gasteiger partial charge in [0.05, 0.1) is 7.11 Å². The van der Waals surface area contributed by atoms with Gasteiger partial charge in [0.2, 0.25) is 0 Å². The Balaban J connectivity index is 2.35. The summed E-state index contributed by atoms with van der Waals surface area (Å²) in [5, 5.41) is 21.8. The molecule has 0 fully saturated rings. The number of carboxylic acid groups (broad SMARTS) is 1. The number of nitrogens with one attached hydrogen (secondary N) is 1. The topological polar surface area (TPSA) is 78.8 Å². The lowest BCUT2D eigenvalue weighted by Gasteiger charge is -2.17. The molecule has 2 aromatic rings. The lowest BCUT2D eigenvalue weighted by Crippen LogP contribution is -2.20. The third-order valence-electron chi connectivity index (χ3n) is 2.93. The van der Waals surface area contributed by atoms with Gasteiger partial charge in [-0.15, -0.1) is 0 Å². The van der Waals surface area contributed by atoms with E-state index in [1.54, 1.807) is 24.3 Å². The minimum atomic E-state index is -1.28. The highest BCUT2D eigenvalue weighted by Crippen LogP contribution is 2.29. The van der Waals surface area contributed by atoms with Crippen LogP contribution in [-0.4, -0.2) is 23.3 Å². The van der Waals surface area contributed by atoms with Gasteiger partial charge in [-0.3, -0.25) is 0 Å². The van der Waals surface area contributed by atoms with Crippen molar-refractivity contribution in [2.45, 2.75) is 6.04 Å². The summed E-state index contributed by atoms with van der Waals surface area (Å²) in [6.07, 6.45) is 0. The third kappa shape index (κ3) is 3.42. The monoisotopic (exact) mass is 291 g/mol. The minimum absolute atomic E-state index is 0.0506. The van der Waals surface area contributed by atoms with E-state index < -0.39 is 17.8 Å². The number of methoxy groups -OCH3 is 1. The number of benzene rings is 2. The molecule has 2 aromatic carbocycles. The molecule has 0 aromatic heterocycles. The molecule has 0 aliphatic heterocycles. The quantitative estimate of drug-likeness (QED) is 0.789. The van der Waals surface area contributed by atoms with Crippen molar-refractivity contribution >= 4 is 11.7 Å². The standard InChI is InChI=1S/C15H14FNO4/c1-21-11-4-2-3-10(8-11)17-14(15(19)20)12-7-9(16)5-6-13(12)18/h2-8,14,17-18H,1H3,(H,19,20). The van der Waals surface area contributed by atoms with Gasteiger partial charge in [0.15, 0.2) is 6.04 Å². The summed E-state index contributed by atoms with van der Waals surface area (Å²) in [6, 6.07) is 8.53. The zero-order valence-corrected chi connectivity index (χ0v) is 11.2. The van der Waals surface area contributed by atoms with Gasteiger partial charge in [-0.05, 0) is 30.3 Å². The molecule has 2 rings (SSSR count). The van der Waals surface area contributed by atoms with E-state index >= 15 is 0 Å². The number of phenolic OH excluding ortho intramolecular Hbond substituents is 1. The van der Waals surface area contributed by atoms with Crippen molar-refractivity contribution in [2.75, 3.05) is 12.4 Å². The summed E-state index contributed by atoms with van der Waals surface area (Å²) in [6.45, 7) is 0. The second-order valence-electron chi connectivity index (χ2n) is 4.35. The van der Waals surface area contributed by atoms with Crippen LogP contribution < -0.4 is 10.1 Å². The second kappa shape index (κ2) is 6.13. The van der Waals surface area contributed by atoms with E-state index in [9.17, 15) is 19.4 Å². The molecule has 6 heteroatoms. The number of ether oxygens (including phenoxy) is 1. The molecule has 0 saturated heterocycles. The molecule has 0 aliphatic carbocycles. The lowest BCUT2D eigenvalue weighted by atomic mass is 10.0. The van der Waals surface area contributed by atoms with Crippen LogP contribution in [0.15, 0.2) is 42.5 Å². The molecule has 3 N–H and O–H groups in total. The fourth-order valence-electron chi connectivity index (χ4n) is 1.91. The Morgan fingerprint density at radius 1 is 1.29 bits per heavy atom. The van der Waals surface area contributed by atoms with Crippen molar-refractivity contribution in [1.82, 2.24) is 0 Å². The highest BCUT2D eigenvalue weighted by molar-refractivity contribution is 5.80. The number of hydrogen-bond donors (Lipinski definition) is 3. The van der Waals surface area contributed by atoms with Crippen molar-refractivity contribution in [3.63, 3.8) is 0 Å². The minimum Gasteiger partial charge on any atom is -0.508 e. The highest BCUT2D eigenvalue weighted by atomic mass is 19.1. The first kappa shape index (κ1) is 14.6. The number of carboxylic acids is 1. The molecule has 1 atom stereocenters. The average molecular weight is 291 g/mol. The van der Waals surface area contributed by atoms with Gasteiger partial charge in [0.25, 0.3) is 0 Å². The molecule has 5 nitrogen and oxygen atoms in total. The lowest BCUT2D eigenvalue weighted by molar-refractivity contribution is -0.138. The normalized spacial score (nSPS) is 11.7. The van der Waals surface area contributed by atoms with Gasteiger partial charge in [-0.2, -0.15) is 0 Å². The van der Waals surface area contributed by atoms with Crippen LogP contribution in [0, 0.1) is 5.82 Å². The number of rotatable bonds is 5. The number of aromatic hydroxyl groups is 1. The van der Waals surface area contributed by atoms with Crippen LogP contribution in [-0.2, 0) is 4.79 Å². The van der Waals surface area contributed by atoms with Crippen LogP contribution in [0.3, 0.4) is 0 Å². The molecule has 0 radical (unpaired) electrons. The molecule has 110 valence electrons. The smallest absolute Gasteiger partial charge is 0.330 e. The Hall–Kier alpha value is -2.76. The van der Waals surface area contributed by atoms with Crippen molar-refractivity contribution in [2.24, 2.45) is 0 Å². The molecule has 0 saturated carbocycles. The number of aliphatic carboxylic acids is 1. The fourth-order valence-corrected chi connectivity index (χ4v) is 1.91. The number of halogens is 1. The van der Waals surface area contributed by atoms with Crippen molar-refractivity contribution in [3.8, 4) is 11.5 Å². The van der Waals surface area contributed by atoms with Gasteiger partial charge < -0.3 is 20.3 Å². The summed E-state index contributed by atoms with van der Waals surface area (Å²) >= 11 is 0. The number of phenols is 1. The number of anilines is 1. The maximum absolute atomic E-state index is 13.3. The van der Waals surface area contributed by atoms with Crippen LogP contribution in [0.1, 0.15) is 11.6 Å². The highest BCUT2D eigenvalue weighted by Gasteiger charge is 2.23. The first-order valence-electron chi connectivity index (χ1n) is 6.13. The van der Waals surface area contributed by atoms with E-state index in [0.717, 1.165) is 18.2 Å². The largest absolute Gasteiger partial charge is 0.508 e. The Morgan fingerprint density at radius 2 is 2.05 bits per heavy atom. The van der Waals surface area contributed by atoms with Gasteiger partial charge in [0.1, 0.15) is 17.3 Å². The van der Waals surface area contributed by atoms with E-state index in [4.69, 9.17) is 4.74 Å². The summed E-state index contributed by atoms with van der Waals surface area (Å²) in [7, 11) is 1.49. The molecular formula is C15H14FNO4. The van der Waals surface area contributed by atoms with Gasteiger partial charge >= 0.3 is 5.97 Å². The summed E-state index contributed by atoms with van der Waals surface area (Å²) < 4.78 is 18.3. The van der Waals surface area contributed by atoms with Gasteiger partial charge in [-0.1, -0.05) is 6.07 Å². The Kier molecular flexibility index (Phi) is 4.27. The molecule has 0 amide bonds. The Morgan fingerprint density at radius 3 is 2.71 bits per heavy atom. The molecule has 0 heterocycles. The van der Waals surface area contributed by atoms with Crippen LogP contribution in [0.2, 0.25) is 0 Å². The summed E-state index contributed by atoms with van der Waals surface area (Å²) in [5.74, 6) is -1.60. The summed E-state index contributed by atoms with van der Waals surface area (Å²) in [5.41, 5.74) is 0.427. The molecule has 21 heavy (non-hydrogen) atoms. The Bertz CT molecular complexity index is 660. The molecule has 0 spiro atoms. The maximum Gasteiger partial charge on any atom is 0.330 e. The number of hydrogen-bond acceptors (Lipinski definition) is 4. The van der Waals surface area contributed by atoms with Crippen LogP contribution in [0.4, 0.5) is 10.1 Å². The van der Waals surface area contributed by atoms with E-state index in [1.807, 2.05) is 0 Å². The molecule has 0 aliphatic rings. The van der Waals surface area contributed by atoms with E-state index in [-0.39, 0.29) is 11.3 Å². The molecule has 0 bridgehead atoms. The first-order chi connectivity index (χ1) is 10.0. The predicted molar refractivity (Wildman–Crippen MR) is 75.1 cm³/mol. The van der Waals surface area contributed by atoms with E-state index in [1.165, 1.54) is 7.11 Å². The predicted octanol–water partition coefficient (Wildman–Crippen LogP) is 2.78. The number of carbonyl (C=O) groups is 1. The van der Waals surface area contributed by atoms with E-state index in [0.29, 0.717) is 11.4 Å². The SMILES string of the molecule is COc1cccc(NC(C(=O)O)c2cc(F)ccc2O)c1. The van der Waals surface area contributed by atoms with Crippen molar-refractivity contribution < 1.29 is 24.1 Å². The van der Waals surface area contributed by atoms with Crippen LogP contribution >= 0.6 is 0 Å². The second-order valence-corrected chi connectivity index (χ2v) is 4.35. The van der Waals surface area contributed by atoms with Crippen LogP contribution in [0.5, 0.6) is 11.5 Å². The summed E-state index contributed by atoms with van der Waals surface area (Å²) in [4.78, 5) is 11.4. The van der Waals surface area contributed by atoms with Gasteiger partial charge in [-0.25, -0.2) is 9.18 Å². The van der Waals surface area contributed by atoms with Crippen molar-refractivity contribution in [3.05, 3.63) is 53.8 Å². The molecular weight excluding hydrogens is 277 g/mol. The maximum atomic E-state index is 13.3. The Labute approximate surface area is 120 Å². The third-order valence-corrected chi connectivity index (χ3v) is 2.93.